The molecule has 24 bridgehead atoms. The van der Waals surface area contributed by atoms with Gasteiger partial charge in [-0.3, -0.25) is 19.2 Å². The molecule has 0 aromatic carbocycles. The minimum absolute atomic E-state index is 0.0639. The van der Waals surface area contributed by atoms with E-state index in [1.807, 2.05) is 6.92 Å². The minimum Gasteiger partial charge on any atom is -0.462 e. The van der Waals surface area contributed by atoms with Crippen LogP contribution < -0.4 is 0 Å². The van der Waals surface area contributed by atoms with E-state index < -0.39 is 53.7 Å². The highest BCUT2D eigenvalue weighted by Crippen LogP contribution is 2.67. The second kappa shape index (κ2) is 32.4. The standard InChI is InChI=1S/C28H40O5.C27H38O5.C26H36O5.C9H11F3O4/c1-16(2)25(29)33-24-22-7-21-8-23(24)14-28(12-21,13-22)26(30)32-17(3)31-15-27-9-18-4-19(10-27)6-20(5-18)11-27;1-16(2)24(28)32-23-21-6-20-7-22(23)13-27(11-20,12-21)25(29)31-15-30-14-26-8-17-3-18(9-26)5-19(4-17)10-26;1-14(2)24(27)31-23-20-8-17-9-21(23)12-26(10-17,11-20)25(28)30-13-29-22-18-4-15-3-16(6-18)7-19(22)5-15;1-6(2)8(14)16-4-3-15-7(13)5-9(10,11)12/h17-24H,1,4-15H2,2-3H3;17-23H,1,3-15H2,2H3;15-23H,1,3-13H2,2H3;1,3-5H2,2H3. The van der Waals surface area contributed by atoms with Gasteiger partial charge in [0.15, 0.2) is 19.9 Å². The Hall–Kier alpha value is -5.61. The second-order valence-electron chi connectivity index (χ2n) is 40.8. The van der Waals surface area contributed by atoms with Gasteiger partial charge in [-0.1, -0.05) is 26.3 Å². The molecule has 0 N–H and O–H groups in total. The normalized spacial score (nSPS) is 42.5. The molecule has 7 unspecified atom stereocenters. The van der Waals surface area contributed by atoms with E-state index in [4.69, 9.17) is 42.6 Å². The molecule has 0 heterocycles. The van der Waals surface area contributed by atoms with E-state index in [2.05, 4.69) is 35.8 Å². The van der Waals surface area contributed by atoms with Gasteiger partial charge in [0.2, 0.25) is 0 Å². The van der Waals surface area contributed by atoms with E-state index in [1.54, 1.807) is 20.8 Å². The van der Waals surface area contributed by atoms with Crippen LogP contribution in [0.5, 0.6) is 0 Å². The fourth-order valence-corrected chi connectivity index (χ4v) is 29.1. The lowest BCUT2D eigenvalue weighted by molar-refractivity contribution is -0.218. The molecule has 0 radical (unpaired) electrons. The molecule has 0 aromatic rings. The Kier molecular flexibility index (Phi) is 23.6. The van der Waals surface area contributed by atoms with Crippen molar-refractivity contribution in [2.75, 3.05) is 40.0 Å². The largest absolute Gasteiger partial charge is 0.462 e. The molecule has 112 heavy (non-hydrogen) atoms. The number of rotatable bonds is 25. The van der Waals surface area contributed by atoms with Crippen LogP contribution >= 0.6 is 0 Å². The SMILES string of the molecule is C=C(C)C(=O)OC1C2CC3CC1CC(C(=O)OC(C)OCC14CC5CC(CC(C5)C1)C4)(C3)C2.C=C(C)C(=O)OC1C2CC3CC1CC(C(=O)OCOC1C4CC5CC(C4)CC1C5)(C3)C2.C=C(C)C(=O)OC1C2CC3CC1CC(C(=O)OCOCC14CC5CC(CC(C5)C1)C4)(C3)C2.C=C(C)C(=O)OCCOC(=O)CC(F)(F)F. The second-order valence-corrected chi connectivity index (χ2v) is 40.8. The van der Waals surface area contributed by atoms with E-state index in [-0.39, 0.29) is 115 Å². The van der Waals surface area contributed by atoms with E-state index in [0.29, 0.717) is 63.2 Å². The van der Waals surface area contributed by atoms with Crippen molar-refractivity contribution in [1.82, 2.24) is 0 Å². The van der Waals surface area contributed by atoms with E-state index in [9.17, 15) is 51.5 Å². The number of carbonyl (C=O) groups excluding carboxylic acids is 8. The zero-order chi connectivity index (χ0) is 79.1. The third-order valence-corrected chi connectivity index (χ3v) is 31.4. The Morgan fingerprint density at radius 1 is 0.357 bits per heavy atom. The first-order valence-electron chi connectivity index (χ1n) is 43.2. The molecule has 24 saturated carbocycles. The monoisotopic (exact) mass is 1570 g/mol. The van der Waals surface area contributed by atoms with Gasteiger partial charge in [0.1, 0.15) is 37.9 Å². The van der Waals surface area contributed by atoms with Crippen LogP contribution in [-0.2, 0) is 90.5 Å². The summed E-state index contributed by atoms with van der Waals surface area (Å²) >= 11 is 0. The van der Waals surface area contributed by atoms with Crippen LogP contribution in [0.2, 0.25) is 0 Å². The first-order chi connectivity index (χ1) is 53.2. The smallest absolute Gasteiger partial charge is 0.399 e. The Morgan fingerprint density at radius 2 is 0.670 bits per heavy atom. The third kappa shape index (κ3) is 17.7. The summed E-state index contributed by atoms with van der Waals surface area (Å²) in [7, 11) is 0. The maximum atomic E-state index is 13.4. The number of alkyl halides is 3. The van der Waals surface area contributed by atoms with Gasteiger partial charge >= 0.3 is 53.9 Å². The lowest BCUT2D eigenvalue weighted by Gasteiger charge is -2.58. The fraction of sp³-hybridized carbons (Fsp3) is 0.822. The predicted molar refractivity (Wildman–Crippen MR) is 402 cm³/mol. The van der Waals surface area contributed by atoms with Crippen LogP contribution in [-0.4, -0.2) is 125 Å². The van der Waals surface area contributed by atoms with Crippen LogP contribution in [0.1, 0.15) is 247 Å². The van der Waals surface area contributed by atoms with Gasteiger partial charge < -0.3 is 52.1 Å². The maximum Gasteiger partial charge on any atom is 0.399 e. The molecule has 24 aliphatic carbocycles. The van der Waals surface area contributed by atoms with Crippen LogP contribution in [0.25, 0.3) is 0 Å². The van der Waals surface area contributed by atoms with Gasteiger partial charge in [0.05, 0.1) is 35.6 Å². The van der Waals surface area contributed by atoms with E-state index >= 15 is 0 Å². The molecule has 22 heteroatoms. The molecule has 0 saturated heterocycles. The molecule has 0 spiro atoms. The average Bonchev–Trinajstić information content (AvgIpc) is 0.735. The van der Waals surface area contributed by atoms with Crippen LogP contribution in [0, 0.1) is 140 Å². The van der Waals surface area contributed by atoms with Gasteiger partial charge in [-0.05, 0) is 363 Å². The Balaban J connectivity index is 0.000000122. The fourth-order valence-electron chi connectivity index (χ4n) is 29.1. The van der Waals surface area contributed by atoms with Crippen LogP contribution in [0.3, 0.4) is 0 Å². The van der Waals surface area contributed by atoms with Gasteiger partial charge in [-0.25, -0.2) is 19.2 Å². The molecule has 0 aromatic heterocycles. The molecular weight excluding hydrogens is 1440 g/mol. The number of hydrogen-bond donors (Lipinski definition) is 0. The Morgan fingerprint density at radius 3 is 1.03 bits per heavy atom. The molecule has 7 atom stereocenters. The lowest BCUT2D eigenvalue weighted by Crippen LogP contribution is -2.58. The van der Waals surface area contributed by atoms with Crippen molar-refractivity contribution >= 4 is 47.8 Å². The zero-order valence-corrected chi connectivity index (χ0v) is 67.2. The highest BCUT2D eigenvalue weighted by molar-refractivity contribution is 5.89. The molecule has 24 aliphatic rings. The molecule has 24 fully saturated rings. The molecular formula is C90H125F3O19. The first kappa shape index (κ1) is 81.5. The molecule has 19 nitrogen and oxygen atoms in total. The highest BCUT2D eigenvalue weighted by atomic mass is 19.4. The zero-order valence-electron chi connectivity index (χ0n) is 67.2. The van der Waals surface area contributed by atoms with E-state index in [1.165, 1.54) is 116 Å². The summed E-state index contributed by atoms with van der Waals surface area (Å²) in [5.74, 6) is 8.66. The molecule has 0 amide bonds. The maximum absolute atomic E-state index is 13.4. The Labute approximate surface area is 659 Å². The summed E-state index contributed by atoms with van der Waals surface area (Å²) in [5, 5.41) is 0. The summed E-state index contributed by atoms with van der Waals surface area (Å²) in [6.07, 6.45) is 30.3. The summed E-state index contributed by atoms with van der Waals surface area (Å²) in [4.78, 5) is 97.6. The van der Waals surface area contributed by atoms with Crippen molar-refractivity contribution in [3.8, 4) is 0 Å². The summed E-state index contributed by atoms with van der Waals surface area (Å²) in [5.41, 5.74) is 0.973. The highest BCUT2D eigenvalue weighted by Gasteiger charge is 2.65. The van der Waals surface area contributed by atoms with Gasteiger partial charge in [-0.2, -0.15) is 13.2 Å². The topological polar surface area (TPSA) is 238 Å². The van der Waals surface area contributed by atoms with Gasteiger partial charge in [0, 0.05) is 22.3 Å². The lowest BCUT2D eigenvalue weighted by atomic mass is 9.48. The van der Waals surface area contributed by atoms with Crippen molar-refractivity contribution < 1.29 is 104 Å². The predicted octanol–water partition coefficient (Wildman–Crippen LogP) is 16.7. The van der Waals surface area contributed by atoms with Crippen LogP contribution in [0.15, 0.2) is 48.6 Å². The van der Waals surface area contributed by atoms with Crippen molar-refractivity contribution in [1.29, 1.82) is 0 Å². The van der Waals surface area contributed by atoms with Crippen molar-refractivity contribution in [3.63, 3.8) is 0 Å². The quantitative estimate of drug-likeness (QED) is 0.0271. The minimum atomic E-state index is -4.59. The van der Waals surface area contributed by atoms with Gasteiger partial charge in [0.25, 0.3) is 0 Å². The number of hydrogen-bond acceptors (Lipinski definition) is 19. The average molecular weight is 1570 g/mol. The number of esters is 8. The molecule has 0 aliphatic heterocycles. The summed E-state index contributed by atoms with van der Waals surface area (Å²) in [6.45, 7) is 23.8. The number of carbonyl (C=O) groups is 8. The van der Waals surface area contributed by atoms with Gasteiger partial charge in [-0.15, -0.1) is 0 Å². The Bertz CT molecular complexity index is 3480. The summed E-state index contributed by atoms with van der Waals surface area (Å²) in [6, 6.07) is 0. The van der Waals surface area contributed by atoms with Crippen molar-refractivity contribution in [2.45, 2.75) is 283 Å². The summed E-state index contributed by atoms with van der Waals surface area (Å²) < 4.78 is 97.1. The number of ether oxygens (including phenoxy) is 11. The molecule has 24 rings (SSSR count). The van der Waals surface area contributed by atoms with Crippen molar-refractivity contribution in [2.24, 2.45) is 140 Å². The van der Waals surface area contributed by atoms with E-state index in [0.717, 1.165) is 157 Å². The first-order valence-corrected chi connectivity index (χ1v) is 43.2. The van der Waals surface area contributed by atoms with Crippen LogP contribution in [0.4, 0.5) is 13.2 Å². The van der Waals surface area contributed by atoms with Crippen molar-refractivity contribution in [3.05, 3.63) is 48.6 Å². The third-order valence-electron chi connectivity index (χ3n) is 31.4. The molecule has 620 valence electrons. The number of halogens is 3.